The molecule has 0 saturated carbocycles. The molecule has 1 aromatic rings. The van der Waals surface area contributed by atoms with Crippen LogP contribution in [0.3, 0.4) is 0 Å². The van der Waals surface area contributed by atoms with Crippen molar-refractivity contribution >= 4 is 6.09 Å². The van der Waals surface area contributed by atoms with Gasteiger partial charge in [-0.2, -0.15) is 5.10 Å². The Hall–Kier alpha value is -1.56. The van der Waals surface area contributed by atoms with E-state index in [0.29, 0.717) is 12.6 Å². The normalized spacial score (nSPS) is 20.4. The van der Waals surface area contributed by atoms with Crippen LogP contribution in [0.2, 0.25) is 0 Å². The molecule has 1 aliphatic rings. The summed E-state index contributed by atoms with van der Waals surface area (Å²) in [6.45, 7) is 2.27. The minimum Gasteiger partial charge on any atom is -0.465 e. The molecule has 6 heteroatoms. The summed E-state index contributed by atoms with van der Waals surface area (Å²) in [5, 5.41) is 18.2. The Kier molecular flexibility index (Phi) is 2.86. The summed E-state index contributed by atoms with van der Waals surface area (Å²) in [6.07, 6.45) is 3.67. The monoisotopic (exact) mass is 210 g/mol. The molecule has 1 amide bonds. The maximum atomic E-state index is 10.3. The maximum Gasteiger partial charge on any atom is 0.404 e. The summed E-state index contributed by atoms with van der Waals surface area (Å²) in [5.41, 5.74) is 0.893. The average molecular weight is 210 g/mol. The molecule has 0 unspecified atom stereocenters. The van der Waals surface area contributed by atoms with E-state index in [2.05, 4.69) is 15.7 Å². The minimum absolute atomic E-state index is 0.315. The SMILES string of the molecule is O=C(O)NCc1cnn([C@@H]2CCNC2)c1. The van der Waals surface area contributed by atoms with Crippen molar-refractivity contribution in [3.63, 3.8) is 0 Å². The van der Waals surface area contributed by atoms with E-state index in [0.717, 1.165) is 25.1 Å². The molecule has 0 aliphatic carbocycles. The van der Waals surface area contributed by atoms with Gasteiger partial charge in [0.1, 0.15) is 0 Å². The molecule has 0 spiro atoms. The van der Waals surface area contributed by atoms with Crippen LogP contribution in [0.15, 0.2) is 12.4 Å². The quantitative estimate of drug-likeness (QED) is 0.665. The van der Waals surface area contributed by atoms with Crippen LogP contribution >= 0.6 is 0 Å². The highest BCUT2D eigenvalue weighted by Crippen LogP contribution is 2.14. The number of hydrogen-bond donors (Lipinski definition) is 3. The van der Waals surface area contributed by atoms with Crippen LogP contribution in [0.25, 0.3) is 0 Å². The van der Waals surface area contributed by atoms with Gasteiger partial charge in [-0.25, -0.2) is 4.79 Å². The molecule has 1 atom stereocenters. The Bertz CT molecular complexity index is 344. The summed E-state index contributed by atoms with van der Waals surface area (Å²) in [4.78, 5) is 10.3. The van der Waals surface area contributed by atoms with Gasteiger partial charge in [0.2, 0.25) is 0 Å². The smallest absolute Gasteiger partial charge is 0.404 e. The zero-order valence-corrected chi connectivity index (χ0v) is 8.31. The Morgan fingerprint density at radius 2 is 2.67 bits per heavy atom. The fraction of sp³-hybridized carbons (Fsp3) is 0.556. The molecule has 0 aromatic carbocycles. The van der Waals surface area contributed by atoms with Crippen molar-refractivity contribution in [3.8, 4) is 0 Å². The molecular weight excluding hydrogens is 196 g/mol. The topological polar surface area (TPSA) is 79.2 Å². The lowest BCUT2D eigenvalue weighted by Gasteiger charge is -2.07. The molecule has 2 rings (SSSR count). The molecule has 82 valence electrons. The first kappa shape index (κ1) is 9.97. The Morgan fingerprint density at radius 3 is 3.33 bits per heavy atom. The molecular formula is C9H14N4O2. The van der Waals surface area contributed by atoms with E-state index >= 15 is 0 Å². The second kappa shape index (κ2) is 4.31. The molecule has 0 radical (unpaired) electrons. The first-order valence-electron chi connectivity index (χ1n) is 4.96. The number of nitrogens with one attached hydrogen (secondary N) is 2. The van der Waals surface area contributed by atoms with Crippen molar-refractivity contribution in [1.29, 1.82) is 0 Å². The zero-order chi connectivity index (χ0) is 10.7. The van der Waals surface area contributed by atoms with Crippen LogP contribution in [0.4, 0.5) is 4.79 Å². The van der Waals surface area contributed by atoms with Crippen LogP contribution in [0.5, 0.6) is 0 Å². The molecule has 1 aliphatic heterocycles. The van der Waals surface area contributed by atoms with Crippen molar-refractivity contribution in [2.24, 2.45) is 0 Å². The van der Waals surface area contributed by atoms with Crippen LogP contribution in [-0.2, 0) is 6.54 Å². The number of rotatable bonds is 3. The second-order valence-corrected chi connectivity index (χ2v) is 3.63. The number of amides is 1. The number of aromatic nitrogens is 2. The largest absolute Gasteiger partial charge is 0.465 e. The predicted octanol–water partition coefficient (Wildman–Crippen LogP) is 0.185. The van der Waals surface area contributed by atoms with E-state index < -0.39 is 6.09 Å². The van der Waals surface area contributed by atoms with Crippen molar-refractivity contribution in [1.82, 2.24) is 20.4 Å². The van der Waals surface area contributed by atoms with Crippen LogP contribution < -0.4 is 10.6 Å². The predicted molar refractivity (Wildman–Crippen MR) is 53.6 cm³/mol. The van der Waals surface area contributed by atoms with E-state index in [9.17, 15) is 4.79 Å². The summed E-state index contributed by atoms with van der Waals surface area (Å²) in [6, 6.07) is 0.406. The molecule has 1 saturated heterocycles. The van der Waals surface area contributed by atoms with E-state index in [1.54, 1.807) is 6.20 Å². The van der Waals surface area contributed by atoms with Crippen molar-refractivity contribution in [3.05, 3.63) is 18.0 Å². The maximum absolute atomic E-state index is 10.3. The van der Waals surface area contributed by atoms with Gasteiger partial charge in [-0.15, -0.1) is 0 Å². The fourth-order valence-corrected chi connectivity index (χ4v) is 1.71. The van der Waals surface area contributed by atoms with Gasteiger partial charge in [0.05, 0.1) is 12.2 Å². The third-order valence-electron chi connectivity index (χ3n) is 2.51. The summed E-state index contributed by atoms with van der Waals surface area (Å²) < 4.78 is 1.90. The van der Waals surface area contributed by atoms with Gasteiger partial charge in [0.25, 0.3) is 0 Å². The molecule has 1 fully saturated rings. The van der Waals surface area contributed by atoms with Crippen molar-refractivity contribution < 1.29 is 9.90 Å². The number of nitrogens with zero attached hydrogens (tertiary/aromatic N) is 2. The van der Waals surface area contributed by atoms with Crippen LogP contribution in [0.1, 0.15) is 18.0 Å². The summed E-state index contributed by atoms with van der Waals surface area (Å²) in [5.74, 6) is 0. The Morgan fingerprint density at radius 1 is 1.80 bits per heavy atom. The van der Waals surface area contributed by atoms with Gasteiger partial charge >= 0.3 is 6.09 Å². The molecule has 15 heavy (non-hydrogen) atoms. The van der Waals surface area contributed by atoms with E-state index in [4.69, 9.17) is 5.11 Å². The van der Waals surface area contributed by atoms with Gasteiger partial charge < -0.3 is 15.7 Å². The highest BCUT2D eigenvalue weighted by Gasteiger charge is 2.16. The molecule has 1 aromatic heterocycles. The van der Waals surface area contributed by atoms with Gasteiger partial charge in [-0.1, -0.05) is 0 Å². The van der Waals surface area contributed by atoms with E-state index in [1.807, 2.05) is 10.9 Å². The lowest BCUT2D eigenvalue weighted by Crippen LogP contribution is -2.19. The third kappa shape index (κ3) is 2.47. The fourth-order valence-electron chi connectivity index (χ4n) is 1.71. The first-order chi connectivity index (χ1) is 7.25. The average Bonchev–Trinajstić information content (AvgIpc) is 2.85. The van der Waals surface area contributed by atoms with Gasteiger partial charge in [0, 0.05) is 24.8 Å². The third-order valence-corrected chi connectivity index (χ3v) is 2.51. The Labute approximate surface area is 87.3 Å². The summed E-state index contributed by atoms with van der Waals surface area (Å²) in [7, 11) is 0. The number of carbonyl (C=O) groups is 1. The van der Waals surface area contributed by atoms with Gasteiger partial charge in [0.15, 0.2) is 0 Å². The number of carboxylic acid groups (broad SMARTS) is 1. The van der Waals surface area contributed by atoms with Gasteiger partial charge in [-0.05, 0) is 13.0 Å². The highest BCUT2D eigenvalue weighted by atomic mass is 16.4. The van der Waals surface area contributed by atoms with Crippen molar-refractivity contribution in [2.45, 2.75) is 19.0 Å². The lowest BCUT2D eigenvalue weighted by molar-refractivity contribution is 0.194. The lowest BCUT2D eigenvalue weighted by atomic mass is 10.3. The van der Waals surface area contributed by atoms with E-state index in [-0.39, 0.29) is 0 Å². The minimum atomic E-state index is -1.01. The summed E-state index contributed by atoms with van der Waals surface area (Å²) >= 11 is 0. The number of hydrogen-bond acceptors (Lipinski definition) is 3. The van der Waals surface area contributed by atoms with Crippen LogP contribution in [-0.4, -0.2) is 34.1 Å². The first-order valence-corrected chi connectivity index (χ1v) is 4.96. The van der Waals surface area contributed by atoms with E-state index in [1.165, 1.54) is 0 Å². The second-order valence-electron chi connectivity index (χ2n) is 3.63. The van der Waals surface area contributed by atoms with Crippen LogP contribution in [0, 0.1) is 0 Å². The molecule has 6 nitrogen and oxygen atoms in total. The van der Waals surface area contributed by atoms with Crippen molar-refractivity contribution in [2.75, 3.05) is 13.1 Å². The highest BCUT2D eigenvalue weighted by molar-refractivity contribution is 5.64. The molecule has 3 N–H and O–H groups in total. The zero-order valence-electron chi connectivity index (χ0n) is 8.31. The molecule has 0 bridgehead atoms. The van der Waals surface area contributed by atoms with Gasteiger partial charge in [-0.3, -0.25) is 4.68 Å². The Balaban J connectivity index is 1.94. The molecule has 2 heterocycles. The standard InChI is InChI=1S/C9H14N4O2/c14-9(15)11-3-7-4-12-13(6-7)8-1-2-10-5-8/h4,6,8,10-11H,1-3,5H2,(H,14,15)/t8-/m1/s1.